The molecule has 0 aromatic carbocycles. The van der Waals surface area contributed by atoms with Crippen molar-refractivity contribution < 1.29 is 13.2 Å². The zero-order valence-electron chi connectivity index (χ0n) is 12.7. The summed E-state index contributed by atoms with van der Waals surface area (Å²) < 4.78 is 26.1. The summed E-state index contributed by atoms with van der Waals surface area (Å²) in [6.45, 7) is 1.04. The van der Waals surface area contributed by atoms with E-state index in [1.807, 2.05) is 4.90 Å². The van der Waals surface area contributed by atoms with Gasteiger partial charge in [0.25, 0.3) is 0 Å². The van der Waals surface area contributed by atoms with Crippen molar-refractivity contribution >= 4 is 15.9 Å². The lowest BCUT2D eigenvalue weighted by Crippen LogP contribution is -2.36. The first-order chi connectivity index (χ1) is 10.5. The Kier molecular flexibility index (Phi) is 4.22. The van der Waals surface area contributed by atoms with Gasteiger partial charge in [-0.25, -0.2) is 12.7 Å². The molecule has 1 amide bonds. The number of nitrogens with zero attached hydrogens (tertiary/aromatic N) is 3. The van der Waals surface area contributed by atoms with Crippen molar-refractivity contribution in [1.29, 1.82) is 0 Å². The Morgan fingerprint density at radius 3 is 2.77 bits per heavy atom. The van der Waals surface area contributed by atoms with Crippen LogP contribution in [0, 0.1) is 5.92 Å². The summed E-state index contributed by atoms with van der Waals surface area (Å²) in [6, 6.07) is 0.369. The van der Waals surface area contributed by atoms with Gasteiger partial charge < -0.3 is 4.90 Å². The molecule has 8 heteroatoms. The molecule has 2 heterocycles. The van der Waals surface area contributed by atoms with Gasteiger partial charge in [0.1, 0.15) is 4.90 Å². The Balaban J connectivity index is 1.63. The molecule has 122 valence electrons. The van der Waals surface area contributed by atoms with Crippen molar-refractivity contribution in [2.45, 2.75) is 43.0 Å². The number of sulfonamides is 1. The summed E-state index contributed by atoms with van der Waals surface area (Å²) in [4.78, 5) is 14.3. The fourth-order valence-corrected chi connectivity index (χ4v) is 4.68. The summed E-state index contributed by atoms with van der Waals surface area (Å²) in [5.41, 5.74) is 0. The van der Waals surface area contributed by atoms with Gasteiger partial charge >= 0.3 is 0 Å². The Labute approximate surface area is 130 Å². The molecular formula is C14H22N4O3S. The minimum Gasteiger partial charge on any atom is -0.339 e. The van der Waals surface area contributed by atoms with Crippen molar-refractivity contribution in [3.63, 3.8) is 0 Å². The number of amides is 1. The molecule has 0 bridgehead atoms. The van der Waals surface area contributed by atoms with E-state index in [-0.39, 0.29) is 16.7 Å². The second kappa shape index (κ2) is 6.00. The largest absolute Gasteiger partial charge is 0.339 e. The molecule has 1 aromatic heterocycles. The monoisotopic (exact) mass is 326 g/mol. The van der Waals surface area contributed by atoms with Crippen LogP contribution >= 0.6 is 0 Å². The lowest BCUT2D eigenvalue weighted by molar-refractivity contribution is -0.129. The van der Waals surface area contributed by atoms with Crippen LogP contribution in [0.3, 0.4) is 0 Å². The number of H-pyrrole nitrogens is 1. The molecule has 3 rings (SSSR count). The third-order valence-electron chi connectivity index (χ3n) is 4.70. The number of likely N-dealkylation sites (tertiary alicyclic amines) is 1. The van der Waals surface area contributed by atoms with E-state index in [1.165, 1.54) is 29.5 Å². The van der Waals surface area contributed by atoms with Gasteiger partial charge in [-0.15, -0.1) is 0 Å². The van der Waals surface area contributed by atoms with Crippen LogP contribution in [-0.4, -0.2) is 59.9 Å². The van der Waals surface area contributed by atoms with Gasteiger partial charge in [0, 0.05) is 38.8 Å². The maximum atomic E-state index is 12.4. The maximum Gasteiger partial charge on any atom is 0.245 e. The molecule has 2 fully saturated rings. The van der Waals surface area contributed by atoms with Crippen LogP contribution in [0.5, 0.6) is 0 Å². The third-order valence-corrected chi connectivity index (χ3v) is 6.49. The van der Waals surface area contributed by atoms with Gasteiger partial charge in [-0.3, -0.25) is 9.89 Å². The van der Waals surface area contributed by atoms with E-state index in [0.717, 1.165) is 12.8 Å². The van der Waals surface area contributed by atoms with Crippen LogP contribution in [0.2, 0.25) is 0 Å². The van der Waals surface area contributed by atoms with E-state index < -0.39 is 10.0 Å². The number of rotatable bonds is 5. The molecule has 0 spiro atoms. The molecule has 1 saturated carbocycles. The summed E-state index contributed by atoms with van der Waals surface area (Å²) in [5.74, 6) is 0.241. The topological polar surface area (TPSA) is 86.4 Å². The zero-order chi connectivity index (χ0) is 15.7. The van der Waals surface area contributed by atoms with Crippen molar-refractivity contribution in [1.82, 2.24) is 19.4 Å². The van der Waals surface area contributed by atoms with E-state index in [4.69, 9.17) is 0 Å². The molecule has 1 unspecified atom stereocenters. The van der Waals surface area contributed by atoms with Gasteiger partial charge in [0.15, 0.2) is 0 Å². The highest BCUT2D eigenvalue weighted by Gasteiger charge is 2.37. The second-order valence-electron chi connectivity index (χ2n) is 6.27. The average molecular weight is 326 g/mol. The van der Waals surface area contributed by atoms with E-state index in [9.17, 15) is 13.2 Å². The number of hydrogen-bond donors (Lipinski definition) is 1. The molecule has 7 nitrogen and oxygen atoms in total. The minimum atomic E-state index is -3.53. The van der Waals surface area contributed by atoms with E-state index >= 15 is 0 Å². The number of carbonyl (C=O) groups excluding carboxylic acids is 1. The van der Waals surface area contributed by atoms with Gasteiger partial charge in [0.2, 0.25) is 15.9 Å². The average Bonchev–Trinajstić information content (AvgIpc) is 3.19. The Bertz CT molecular complexity index is 623. The Hall–Kier alpha value is -1.41. The van der Waals surface area contributed by atoms with Crippen molar-refractivity contribution in [2.75, 3.05) is 20.1 Å². The van der Waals surface area contributed by atoms with Crippen molar-refractivity contribution in [3.05, 3.63) is 12.4 Å². The van der Waals surface area contributed by atoms with Crippen LogP contribution in [-0.2, 0) is 14.8 Å². The maximum absolute atomic E-state index is 12.4. The first kappa shape index (κ1) is 15.5. The molecule has 1 atom stereocenters. The summed E-state index contributed by atoms with van der Waals surface area (Å²) in [6.07, 6.45) is 7.67. The van der Waals surface area contributed by atoms with Gasteiger partial charge in [-0.2, -0.15) is 5.10 Å². The Morgan fingerprint density at radius 2 is 2.14 bits per heavy atom. The highest BCUT2D eigenvalue weighted by Crippen LogP contribution is 2.30. The molecule has 2 aliphatic rings. The molecule has 1 saturated heterocycles. The number of hydrogen-bond acceptors (Lipinski definition) is 4. The molecule has 1 aromatic rings. The number of aromatic nitrogens is 2. The van der Waals surface area contributed by atoms with Gasteiger partial charge in [0.05, 0.1) is 6.20 Å². The van der Waals surface area contributed by atoms with E-state index in [0.29, 0.717) is 25.6 Å². The minimum absolute atomic E-state index is 0.0692. The van der Waals surface area contributed by atoms with Gasteiger partial charge in [-0.05, 0) is 18.8 Å². The third kappa shape index (κ3) is 2.89. The molecular weight excluding hydrogens is 304 g/mol. The second-order valence-corrected chi connectivity index (χ2v) is 8.32. The number of carbonyl (C=O) groups is 1. The summed E-state index contributed by atoms with van der Waals surface area (Å²) in [7, 11) is -1.97. The summed E-state index contributed by atoms with van der Waals surface area (Å²) in [5, 5.41) is 6.20. The number of aromatic amines is 1. The smallest absolute Gasteiger partial charge is 0.245 e. The molecule has 0 radical (unpaired) electrons. The highest BCUT2D eigenvalue weighted by molar-refractivity contribution is 7.89. The van der Waals surface area contributed by atoms with Crippen LogP contribution in [0.15, 0.2) is 17.3 Å². The SMILES string of the molecule is CN(CC1CC(=O)N(C2CCCC2)C1)S(=O)(=O)c1cn[nH]c1. The summed E-state index contributed by atoms with van der Waals surface area (Å²) >= 11 is 0. The molecule has 1 aliphatic carbocycles. The van der Waals surface area contributed by atoms with Crippen molar-refractivity contribution in [3.8, 4) is 0 Å². The van der Waals surface area contributed by atoms with Crippen LogP contribution < -0.4 is 0 Å². The standard InChI is InChI=1S/C14H22N4O3S/c1-17(22(20,21)13-7-15-16-8-13)9-11-6-14(19)18(10-11)12-4-2-3-5-12/h7-8,11-12H,2-6,9-10H2,1H3,(H,15,16). The van der Waals surface area contributed by atoms with E-state index in [1.54, 1.807) is 7.05 Å². The first-order valence-corrected chi connectivity index (χ1v) is 9.17. The van der Waals surface area contributed by atoms with Crippen LogP contribution in [0.1, 0.15) is 32.1 Å². The normalized spacial score (nSPS) is 23.8. The van der Waals surface area contributed by atoms with E-state index in [2.05, 4.69) is 10.2 Å². The quantitative estimate of drug-likeness (QED) is 0.868. The van der Waals surface area contributed by atoms with Crippen molar-refractivity contribution in [2.24, 2.45) is 5.92 Å². The lowest BCUT2D eigenvalue weighted by Gasteiger charge is -2.25. The Morgan fingerprint density at radius 1 is 1.41 bits per heavy atom. The van der Waals surface area contributed by atoms with Crippen LogP contribution in [0.25, 0.3) is 0 Å². The molecule has 1 N–H and O–H groups in total. The fourth-order valence-electron chi connectivity index (χ4n) is 3.52. The fraction of sp³-hybridized carbons (Fsp3) is 0.714. The van der Waals surface area contributed by atoms with Crippen LogP contribution in [0.4, 0.5) is 0 Å². The predicted molar refractivity (Wildman–Crippen MR) is 80.5 cm³/mol. The molecule has 22 heavy (non-hydrogen) atoms. The number of nitrogens with one attached hydrogen (secondary N) is 1. The first-order valence-electron chi connectivity index (χ1n) is 7.73. The lowest BCUT2D eigenvalue weighted by atomic mass is 10.1. The highest BCUT2D eigenvalue weighted by atomic mass is 32.2. The molecule has 1 aliphatic heterocycles. The predicted octanol–water partition coefficient (Wildman–Crippen LogP) is 0.821. The zero-order valence-corrected chi connectivity index (χ0v) is 13.6. The van der Waals surface area contributed by atoms with Gasteiger partial charge in [-0.1, -0.05) is 12.8 Å².